The van der Waals surface area contributed by atoms with Crippen LogP contribution in [0.2, 0.25) is 0 Å². The largest absolute Gasteiger partial charge is 0.444 e. The van der Waals surface area contributed by atoms with Crippen molar-refractivity contribution in [1.29, 1.82) is 0 Å². The van der Waals surface area contributed by atoms with Gasteiger partial charge in [-0.1, -0.05) is 0 Å². The lowest BCUT2D eigenvalue weighted by molar-refractivity contribution is 0.0231. The van der Waals surface area contributed by atoms with E-state index in [1.807, 2.05) is 27.7 Å². The maximum atomic E-state index is 12.1. The Balaban J connectivity index is 0.00000529. The van der Waals surface area contributed by atoms with Crippen LogP contribution in [0.4, 0.5) is 4.79 Å². The number of carbonyl (C=O) groups excluding carboxylic acids is 1. The third-order valence-corrected chi connectivity index (χ3v) is 3.89. The molecule has 24 heavy (non-hydrogen) atoms. The second-order valence-corrected chi connectivity index (χ2v) is 7.16. The SMILES string of the molecule is CCNC(=NCCC(C)N(C)C(=O)OC(C)(C)C)N1CCCC1.I. The summed E-state index contributed by atoms with van der Waals surface area (Å²) >= 11 is 0. The molecule has 0 radical (unpaired) electrons. The molecule has 0 aromatic heterocycles. The first-order chi connectivity index (χ1) is 10.7. The third-order valence-electron chi connectivity index (χ3n) is 3.89. The molecular weight excluding hydrogens is 419 g/mol. The summed E-state index contributed by atoms with van der Waals surface area (Å²) in [7, 11) is 1.79. The van der Waals surface area contributed by atoms with Crippen LogP contribution in [-0.2, 0) is 4.74 Å². The summed E-state index contributed by atoms with van der Waals surface area (Å²) in [5.41, 5.74) is -0.461. The van der Waals surface area contributed by atoms with Gasteiger partial charge in [-0.15, -0.1) is 24.0 Å². The molecule has 1 heterocycles. The fourth-order valence-corrected chi connectivity index (χ4v) is 2.42. The van der Waals surface area contributed by atoms with E-state index in [1.165, 1.54) is 12.8 Å². The van der Waals surface area contributed by atoms with Crippen LogP contribution in [0.25, 0.3) is 0 Å². The summed E-state index contributed by atoms with van der Waals surface area (Å²) in [5, 5.41) is 3.35. The highest BCUT2D eigenvalue weighted by Crippen LogP contribution is 2.12. The topological polar surface area (TPSA) is 57.2 Å². The van der Waals surface area contributed by atoms with Crippen LogP contribution in [0.1, 0.15) is 53.9 Å². The van der Waals surface area contributed by atoms with Gasteiger partial charge >= 0.3 is 6.09 Å². The number of rotatable bonds is 5. The van der Waals surface area contributed by atoms with Crippen molar-refractivity contribution >= 4 is 36.0 Å². The van der Waals surface area contributed by atoms with Crippen molar-refractivity contribution in [3.05, 3.63) is 0 Å². The van der Waals surface area contributed by atoms with Gasteiger partial charge in [-0.3, -0.25) is 4.99 Å². The van der Waals surface area contributed by atoms with Crippen LogP contribution in [0, 0.1) is 0 Å². The number of halogens is 1. The number of hydrogen-bond donors (Lipinski definition) is 1. The molecule has 0 spiro atoms. The average molecular weight is 454 g/mol. The summed E-state index contributed by atoms with van der Waals surface area (Å²) in [6.07, 6.45) is 3.02. The average Bonchev–Trinajstić information content (AvgIpc) is 2.97. The van der Waals surface area contributed by atoms with Gasteiger partial charge in [0, 0.05) is 39.3 Å². The number of carbonyl (C=O) groups is 1. The minimum absolute atomic E-state index is 0. The van der Waals surface area contributed by atoms with Gasteiger partial charge in [-0.2, -0.15) is 0 Å². The Bertz CT molecular complexity index is 404. The van der Waals surface area contributed by atoms with Crippen molar-refractivity contribution in [3.8, 4) is 0 Å². The van der Waals surface area contributed by atoms with E-state index >= 15 is 0 Å². The number of ether oxygens (including phenoxy) is 1. The number of guanidine groups is 1. The van der Waals surface area contributed by atoms with E-state index in [-0.39, 0.29) is 36.1 Å². The van der Waals surface area contributed by atoms with Crippen molar-refractivity contribution in [2.75, 3.05) is 33.2 Å². The quantitative estimate of drug-likeness (QED) is 0.394. The number of amides is 1. The lowest BCUT2D eigenvalue weighted by Gasteiger charge is -2.28. The van der Waals surface area contributed by atoms with E-state index in [4.69, 9.17) is 9.73 Å². The predicted octanol–water partition coefficient (Wildman–Crippen LogP) is 3.31. The molecule has 0 aromatic rings. The van der Waals surface area contributed by atoms with Crippen LogP contribution in [0.15, 0.2) is 4.99 Å². The van der Waals surface area contributed by atoms with Gasteiger partial charge in [0.15, 0.2) is 5.96 Å². The van der Waals surface area contributed by atoms with Crippen molar-refractivity contribution in [3.63, 3.8) is 0 Å². The minimum Gasteiger partial charge on any atom is -0.444 e. The maximum absolute atomic E-state index is 12.1. The Hall–Kier alpha value is -0.730. The number of hydrogen-bond acceptors (Lipinski definition) is 3. The zero-order valence-electron chi connectivity index (χ0n) is 16.1. The van der Waals surface area contributed by atoms with Crippen molar-refractivity contribution < 1.29 is 9.53 Å². The Morgan fingerprint density at radius 1 is 1.33 bits per heavy atom. The highest BCUT2D eigenvalue weighted by atomic mass is 127. The Morgan fingerprint density at radius 3 is 2.42 bits per heavy atom. The summed E-state index contributed by atoms with van der Waals surface area (Å²) < 4.78 is 5.40. The van der Waals surface area contributed by atoms with E-state index < -0.39 is 5.60 Å². The molecule has 0 aromatic carbocycles. The molecule has 0 bridgehead atoms. The molecule has 7 heteroatoms. The first-order valence-electron chi connectivity index (χ1n) is 8.73. The van der Waals surface area contributed by atoms with Crippen LogP contribution in [-0.4, -0.2) is 66.7 Å². The monoisotopic (exact) mass is 454 g/mol. The molecule has 142 valence electrons. The van der Waals surface area contributed by atoms with Crippen molar-refractivity contribution in [1.82, 2.24) is 15.1 Å². The molecule has 1 aliphatic heterocycles. The van der Waals surface area contributed by atoms with Gasteiger partial charge in [0.2, 0.25) is 0 Å². The zero-order chi connectivity index (χ0) is 17.5. The number of likely N-dealkylation sites (tertiary alicyclic amines) is 1. The molecule has 1 fully saturated rings. The minimum atomic E-state index is -0.461. The lowest BCUT2D eigenvalue weighted by Crippen LogP contribution is -2.41. The molecule has 1 saturated heterocycles. The second-order valence-electron chi connectivity index (χ2n) is 7.16. The van der Waals surface area contributed by atoms with E-state index in [9.17, 15) is 4.79 Å². The number of aliphatic imine (C=N–C) groups is 1. The van der Waals surface area contributed by atoms with Crippen LogP contribution < -0.4 is 5.32 Å². The number of nitrogens with zero attached hydrogens (tertiary/aromatic N) is 3. The fourth-order valence-electron chi connectivity index (χ4n) is 2.42. The maximum Gasteiger partial charge on any atom is 0.410 e. The van der Waals surface area contributed by atoms with Crippen LogP contribution >= 0.6 is 24.0 Å². The summed E-state index contributed by atoms with van der Waals surface area (Å²) in [5.74, 6) is 0.997. The Kier molecular flexibility index (Phi) is 10.7. The second kappa shape index (κ2) is 11.0. The molecular formula is C17H35IN4O2. The van der Waals surface area contributed by atoms with Gasteiger partial charge in [0.1, 0.15) is 5.60 Å². The van der Waals surface area contributed by atoms with Crippen LogP contribution in [0.5, 0.6) is 0 Å². The Labute approximate surface area is 164 Å². The first-order valence-corrected chi connectivity index (χ1v) is 8.73. The van der Waals surface area contributed by atoms with Gasteiger partial charge in [0.25, 0.3) is 0 Å². The number of nitrogens with one attached hydrogen (secondary N) is 1. The summed E-state index contributed by atoms with van der Waals surface area (Å²) in [6, 6.07) is 0.0926. The van der Waals surface area contributed by atoms with Crippen molar-refractivity contribution in [2.45, 2.75) is 65.5 Å². The lowest BCUT2D eigenvalue weighted by atomic mass is 10.2. The fraction of sp³-hybridized carbons (Fsp3) is 0.882. The molecule has 1 N–H and O–H groups in total. The standard InChI is InChI=1S/C17H34N4O2.HI/c1-7-18-15(21-12-8-9-13-21)19-11-10-14(2)20(6)16(22)23-17(3,4)5;/h14H,7-13H2,1-6H3,(H,18,19);1H. The molecule has 0 aliphatic carbocycles. The summed E-state index contributed by atoms with van der Waals surface area (Å²) in [6.45, 7) is 13.5. The van der Waals surface area contributed by atoms with Crippen LogP contribution in [0.3, 0.4) is 0 Å². The highest BCUT2D eigenvalue weighted by Gasteiger charge is 2.23. The molecule has 1 rings (SSSR count). The van der Waals surface area contributed by atoms with E-state index in [0.29, 0.717) is 6.54 Å². The molecule has 1 aliphatic rings. The highest BCUT2D eigenvalue weighted by molar-refractivity contribution is 14.0. The van der Waals surface area contributed by atoms with Gasteiger partial charge in [-0.25, -0.2) is 4.79 Å². The first kappa shape index (κ1) is 23.3. The Morgan fingerprint density at radius 2 is 1.92 bits per heavy atom. The normalized spacial score (nSPS) is 16.4. The summed E-state index contributed by atoms with van der Waals surface area (Å²) in [4.78, 5) is 20.7. The molecule has 0 saturated carbocycles. The van der Waals surface area contributed by atoms with Gasteiger partial charge in [-0.05, 0) is 53.9 Å². The molecule has 1 unspecified atom stereocenters. The molecule has 6 nitrogen and oxygen atoms in total. The smallest absolute Gasteiger partial charge is 0.410 e. The van der Waals surface area contributed by atoms with Crippen molar-refractivity contribution in [2.24, 2.45) is 4.99 Å². The van der Waals surface area contributed by atoms with Gasteiger partial charge < -0.3 is 19.9 Å². The molecule has 1 atom stereocenters. The predicted molar refractivity (Wildman–Crippen MR) is 110 cm³/mol. The van der Waals surface area contributed by atoms with Gasteiger partial charge in [0.05, 0.1) is 0 Å². The van der Waals surface area contributed by atoms with E-state index in [1.54, 1.807) is 11.9 Å². The van der Waals surface area contributed by atoms with E-state index in [0.717, 1.165) is 32.0 Å². The third kappa shape index (κ3) is 8.39. The molecule has 1 amide bonds. The van der Waals surface area contributed by atoms with E-state index in [2.05, 4.69) is 17.1 Å². The zero-order valence-corrected chi connectivity index (χ0v) is 18.4.